The third kappa shape index (κ3) is 4.22. The van der Waals surface area contributed by atoms with Crippen LogP contribution < -0.4 is 10.5 Å². The van der Waals surface area contributed by atoms with E-state index in [1.165, 1.54) is 0 Å². The molecule has 24 heavy (non-hydrogen) atoms. The van der Waals surface area contributed by atoms with Gasteiger partial charge in [0.2, 0.25) is 0 Å². The topological polar surface area (TPSA) is 87.3 Å². The molecule has 0 radical (unpaired) electrons. The molecule has 0 fully saturated rings. The van der Waals surface area contributed by atoms with E-state index in [2.05, 4.69) is 9.97 Å². The predicted octanol–water partition coefficient (Wildman–Crippen LogP) is 2.88. The molecule has 2 aromatic rings. The van der Waals surface area contributed by atoms with Crippen LogP contribution in [0.5, 0.6) is 5.75 Å². The van der Waals surface area contributed by atoms with Crippen molar-refractivity contribution >= 4 is 11.7 Å². The Morgan fingerprint density at radius 1 is 1.04 bits per heavy atom. The highest BCUT2D eigenvalue weighted by molar-refractivity contribution is 5.79. The molecule has 6 nitrogen and oxygen atoms in total. The van der Waals surface area contributed by atoms with Crippen LogP contribution in [0.1, 0.15) is 36.6 Å². The van der Waals surface area contributed by atoms with Crippen LogP contribution in [0.2, 0.25) is 0 Å². The Balaban J connectivity index is 2.03. The van der Waals surface area contributed by atoms with Crippen molar-refractivity contribution < 1.29 is 14.3 Å². The van der Waals surface area contributed by atoms with Crippen LogP contribution >= 0.6 is 0 Å². The monoisotopic (exact) mass is 329 g/mol. The first-order valence-electron chi connectivity index (χ1n) is 7.71. The summed E-state index contributed by atoms with van der Waals surface area (Å²) in [5.41, 5.74) is 8.24. The van der Waals surface area contributed by atoms with Gasteiger partial charge < -0.3 is 15.2 Å². The average Bonchev–Trinajstić information content (AvgIpc) is 2.51. The molecule has 0 saturated heterocycles. The Bertz CT molecular complexity index is 740. The lowest BCUT2D eigenvalue weighted by Gasteiger charge is -2.24. The highest BCUT2D eigenvalue weighted by Gasteiger charge is 2.32. The Hall–Kier alpha value is -2.63. The van der Waals surface area contributed by atoms with E-state index in [9.17, 15) is 4.79 Å². The lowest BCUT2D eigenvalue weighted by molar-refractivity contribution is -0.160. The smallest absolute Gasteiger partial charge is 0.350 e. The largest absolute Gasteiger partial charge is 0.476 e. The Morgan fingerprint density at radius 3 is 2.25 bits per heavy atom. The lowest BCUT2D eigenvalue weighted by Crippen LogP contribution is -2.39. The van der Waals surface area contributed by atoms with Gasteiger partial charge in [0.15, 0.2) is 5.60 Å². The van der Waals surface area contributed by atoms with Crippen molar-refractivity contribution in [3.05, 3.63) is 47.0 Å². The maximum atomic E-state index is 12.4. The van der Waals surface area contributed by atoms with Gasteiger partial charge in [-0.1, -0.05) is 0 Å². The van der Waals surface area contributed by atoms with Gasteiger partial charge in [-0.25, -0.2) is 4.79 Å². The van der Waals surface area contributed by atoms with Crippen LogP contribution in [0.25, 0.3) is 0 Å². The minimum absolute atomic E-state index is 0.0628. The SMILES string of the molecule is Cc1nc(C)c(COC(=O)C(C)(C)Oc2ccc(N)cc2)nc1C. The zero-order valence-electron chi connectivity index (χ0n) is 14.7. The number of carbonyl (C=O) groups is 1. The van der Waals surface area contributed by atoms with Gasteiger partial charge in [0.25, 0.3) is 0 Å². The number of aryl methyl sites for hydroxylation is 3. The van der Waals surface area contributed by atoms with E-state index in [-0.39, 0.29) is 6.61 Å². The van der Waals surface area contributed by atoms with Gasteiger partial charge in [-0.05, 0) is 58.9 Å². The third-order valence-electron chi connectivity index (χ3n) is 3.66. The van der Waals surface area contributed by atoms with Gasteiger partial charge in [0.1, 0.15) is 12.4 Å². The van der Waals surface area contributed by atoms with E-state index in [0.29, 0.717) is 17.1 Å². The molecule has 6 heteroatoms. The molecular formula is C18H23N3O3. The van der Waals surface area contributed by atoms with Crippen molar-refractivity contribution in [2.24, 2.45) is 0 Å². The average molecular weight is 329 g/mol. The Kier molecular flexibility index (Phi) is 5.07. The molecular weight excluding hydrogens is 306 g/mol. The summed E-state index contributed by atoms with van der Waals surface area (Å²) in [7, 11) is 0. The molecule has 0 saturated carbocycles. The van der Waals surface area contributed by atoms with Crippen molar-refractivity contribution in [2.75, 3.05) is 5.73 Å². The number of ether oxygens (including phenoxy) is 2. The van der Waals surface area contributed by atoms with Crippen LogP contribution in [-0.4, -0.2) is 21.5 Å². The van der Waals surface area contributed by atoms with Gasteiger partial charge in [-0.2, -0.15) is 0 Å². The normalized spacial score (nSPS) is 11.2. The zero-order chi connectivity index (χ0) is 17.9. The van der Waals surface area contributed by atoms with E-state index in [0.717, 1.165) is 17.1 Å². The summed E-state index contributed by atoms with van der Waals surface area (Å²) in [5.74, 6) is 0.0760. The van der Waals surface area contributed by atoms with Crippen molar-refractivity contribution in [3.63, 3.8) is 0 Å². The molecule has 1 heterocycles. The first kappa shape index (κ1) is 17.7. The molecule has 128 valence electrons. The number of rotatable bonds is 5. The number of benzene rings is 1. The van der Waals surface area contributed by atoms with Crippen LogP contribution in [0.4, 0.5) is 5.69 Å². The predicted molar refractivity (Wildman–Crippen MR) is 91.6 cm³/mol. The maximum Gasteiger partial charge on any atom is 0.350 e. The molecule has 0 aliphatic rings. The molecule has 1 aromatic carbocycles. The minimum atomic E-state index is -1.13. The van der Waals surface area contributed by atoms with Crippen molar-refractivity contribution in [1.29, 1.82) is 0 Å². The number of anilines is 1. The second-order valence-corrected chi connectivity index (χ2v) is 6.18. The first-order chi connectivity index (χ1) is 11.2. The summed E-state index contributed by atoms with van der Waals surface area (Å²) in [6, 6.07) is 6.85. The van der Waals surface area contributed by atoms with E-state index in [1.54, 1.807) is 38.1 Å². The molecule has 0 atom stereocenters. The van der Waals surface area contributed by atoms with E-state index in [4.69, 9.17) is 15.2 Å². The highest BCUT2D eigenvalue weighted by atomic mass is 16.6. The van der Waals surface area contributed by atoms with E-state index < -0.39 is 11.6 Å². The minimum Gasteiger partial charge on any atom is -0.476 e. The highest BCUT2D eigenvalue weighted by Crippen LogP contribution is 2.21. The van der Waals surface area contributed by atoms with Crippen LogP contribution in [-0.2, 0) is 16.1 Å². The van der Waals surface area contributed by atoms with Gasteiger partial charge in [-0.3, -0.25) is 9.97 Å². The van der Waals surface area contributed by atoms with Gasteiger partial charge in [0.05, 0.1) is 22.8 Å². The fraction of sp³-hybridized carbons (Fsp3) is 0.389. The summed E-state index contributed by atoms with van der Waals surface area (Å²) in [4.78, 5) is 21.2. The maximum absolute atomic E-state index is 12.4. The molecule has 0 aliphatic carbocycles. The summed E-state index contributed by atoms with van der Waals surface area (Å²) < 4.78 is 11.1. The number of hydrogen-bond donors (Lipinski definition) is 1. The molecule has 0 spiro atoms. The molecule has 2 N–H and O–H groups in total. The first-order valence-corrected chi connectivity index (χ1v) is 7.71. The second-order valence-electron chi connectivity index (χ2n) is 6.18. The molecule has 0 amide bonds. The van der Waals surface area contributed by atoms with Crippen LogP contribution in [0.15, 0.2) is 24.3 Å². The van der Waals surface area contributed by atoms with E-state index in [1.807, 2.05) is 20.8 Å². The number of esters is 1. The van der Waals surface area contributed by atoms with Crippen LogP contribution in [0, 0.1) is 20.8 Å². The van der Waals surface area contributed by atoms with Crippen molar-refractivity contribution in [1.82, 2.24) is 9.97 Å². The zero-order valence-corrected chi connectivity index (χ0v) is 14.7. The number of aromatic nitrogens is 2. The van der Waals surface area contributed by atoms with Gasteiger partial charge in [0, 0.05) is 5.69 Å². The second kappa shape index (κ2) is 6.86. The number of nitrogens with two attached hydrogens (primary N) is 1. The fourth-order valence-corrected chi connectivity index (χ4v) is 2.08. The lowest BCUT2D eigenvalue weighted by atomic mass is 10.1. The third-order valence-corrected chi connectivity index (χ3v) is 3.66. The standard InChI is InChI=1S/C18H23N3O3/c1-11-12(2)21-16(13(3)20-11)10-23-17(22)18(4,5)24-15-8-6-14(19)7-9-15/h6-9H,10,19H2,1-5H3. The number of hydrogen-bond acceptors (Lipinski definition) is 6. The van der Waals surface area contributed by atoms with Gasteiger partial charge >= 0.3 is 5.97 Å². The van der Waals surface area contributed by atoms with Crippen molar-refractivity contribution in [2.45, 2.75) is 46.8 Å². The van der Waals surface area contributed by atoms with Crippen molar-refractivity contribution in [3.8, 4) is 5.75 Å². The van der Waals surface area contributed by atoms with E-state index >= 15 is 0 Å². The summed E-state index contributed by atoms with van der Waals surface area (Å²) in [6.07, 6.45) is 0. The van der Waals surface area contributed by atoms with Crippen LogP contribution in [0.3, 0.4) is 0 Å². The molecule has 0 bridgehead atoms. The summed E-state index contributed by atoms with van der Waals surface area (Å²) >= 11 is 0. The summed E-state index contributed by atoms with van der Waals surface area (Å²) in [6.45, 7) is 9.00. The summed E-state index contributed by atoms with van der Waals surface area (Å²) in [5, 5.41) is 0. The fourth-order valence-electron chi connectivity index (χ4n) is 2.08. The quantitative estimate of drug-likeness (QED) is 0.670. The number of nitrogens with zero attached hydrogens (tertiary/aromatic N) is 2. The molecule has 0 unspecified atom stereocenters. The van der Waals surface area contributed by atoms with Gasteiger partial charge in [-0.15, -0.1) is 0 Å². The number of nitrogen functional groups attached to an aromatic ring is 1. The molecule has 0 aliphatic heterocycles. The number of carbonyl (C=O) groups excluding carboxylic acids is 1. The Morgan fingerprint density at radius 2 is 1.62 bits per heavy atom. The molecule has 1 aromatic heterocycles. The molecule has 2 rings (SSSR count). The Labute approximate surface area is 142 Å².